The van der Waals surface area contributed by atoms with Gasteiger partial charge in [-0.25, -0.2) is 8.42 Å². The van der Waals surface area contributed by atoms with E-state index in [9.17, 15) is 13.2 Å². The van der Waals surface area contributed by atoms with Crippen molar-refractivity contribution >= 4 is 43.3 Å². The van der Waals surface area contributed by atoms with Crippen LogP contribution in [0.4, 0.5) is 0 Å². The smallest absolute Gasteiger partial charge is 0.241 e. The molecule has 0 saturated carbocycles. The van der Waals surface area contributed by atoms with Crippen LogP contribution in [-0.2, 0) is 10.0 Å². The van der Waals surface area contributed by atoms with Crippen LogP contribution in [0, 0.1) is 0 Å². The van der Waals surface area contributed by atoms with Crippen molar-refractivity contribution in [2.45, 2.75) is 15.8 Å². The lowest BCUT2D eigenvalue weighted by molar-refractivity contribution is 0.0952. The Labute approximate surface area is 177 Å². The lowest BCUT2D eigenvalue weighted by Crippen LogP contribution is -2.43. The van der Waals surface area contributed by atoms with Crippen molar-refractivity contribution in [2.24, 2.45) is 0 Å². The zero-order chi connectivity index (χ0) is 20.1. The number of nitrogens with one attached hydrogen (secondary N) is 1. The molecule has 0 bridgehead atoms. The topological polar surface area (TPSA) is 63.2 Å². The molecule has 0 radical (unpaired) electrons. The Kier molecular flexibility index (Phi) is 6.67. The van der Waals surface area contributed by atoms with Gasteiger partial charge in [-0.15, -0.1) is 0 Å². The third-order valence-electron chi connectivity index (χ3n) is 4.16. The van der Waals surface area contributed by atoms with Gasteiger partial charge in [0.1, 0.15) is 6.04 Å². The van der Waals surface area contributed by atoms with Crippen LogP contribution in [0.3, 0.4) is 0 Å². The number of carbonyl (C=O) groups excluding carboxylic acids is 1. The number of hydrogen-bond donors (Lipinski definition) is 1. The minimum Gasteiger partial charge on any atom is -0.292 e. The molecule has 0 fully saturated rings. The van der Waals surface area contributed by atoms with Crippen molar-refractivity contribution in [3.8, 4) is 0 Å². The first-order chi connectivity index (χ1) is 13.4. The van der Waals surface area contributed by atoms with Crippen LogP contribution in [0.5, 0.6) is 0 Å². The molecule has 2 atom stereocenters. The summed E-state index contributed by atoms with van der Waals surface area (Å²) in [6.45, 7) is 0. The van der Waals surface area contributed by atoms with Crippen LogP contribution in [-0.4, -0.2) is 20.2 Å². The van der Waals surface area contributed by atoms with Gasteiger partial charge in [0.2, 0.25) is 10.0 Å². The van der Waals surface area contributed by atoms with Crippen molar-refractivity contribution in [2.75, 3.05) is 0 Å². The van der Waals surface area contributed by atoms with Crippen LogP contribution in [0.15, 0.2) is 89.8 Å². The van der Waals surface area contributed by atoms with E-state index >= 15 is 0 Å². The molecule has 4 nitrogen and oxygen atoms in total. The molecule has 144 valence electrons. The Balaban J connectivity index is 1.98. The minimum absolute atomic E-state index is 0.0375. The van der Waals surface area contributed by atoms with Crippen LogP contribution in [0.25, 0.3) is 0 Å². The second-order valence-corrected chi connectivity index (χ2v) is 9.23. The monoisotopic (exact) mass is 477 g/mol. The summed E-state index contributed by atoms with van der Waals surface area (Å²) in [5, 5.41) is 0.429. The summed E-state index contributed by atoms with van der Waals surface area (Å²) in [7, 11) is -3.94. The molecule has 0 saturated heterocycles. The summed E-state index contributed by atoms with van der Waals surface area (Å²) in [6, 6.07) is 22.6. The minimum atomic E-state index is -3.94. The first-order valence-electron chi connectivity index (χ1n) is 8.44. The van der Waals surface area contributed by atoms with Gasteiger partial charge in [-0.05, 0) is 29.8 Å². The van der Waals surface area contributed by atoms with Crippen molar-refractivity contribution < 1.29 is 13.2 Å². The molecular weight excluding hydrogens is 462 g/mol. The maximum Gasteiger partial charge on any atom is 0.241 e. The normalized spacial score (nSPS) is 13.6. The number of carbonyl (C=O) groups is 1. The number of ketones is 1. The molecule has 0 aliphatic heterocycles. The summed E-state index contributed by atoms with van der Waals surface area (Å²) in [6.07, 6.45) is 0. The molecular formula is C21H17BrClNO3S. The van der Waals surface area contributed by atoms with Gasteiger partial charge in [0.05, 0.1) is 9.72 Å². The second kappa shape index (κ2) is 9.01. The molecule has 3 aromatic carbocycles. The van der Waals surface area contributed by atoms with Gasteiger partial charge in [0.15, 0.2) is 5.78 Å². The Hall–Kier alpha value is -1.99. The maximum absolute atomic E-state index is 13.1. The van der Waals surface area contributed by atoms with Gasteiger partial charge >= 0.3 is 0 Å². The lowest BCUT2D eigenvalue weighted by Gasteiger charge is -2.23. The largest absolute Gasteiger partial charge is 0.292 e. The summed E-state index contributed by atoms with van der Waals surface area (Å²) in [4.78, 5) is 12.6. The number of rotatable bonds is 7. The SMILES string of the molecule is O=C(c1ccccc1)[C@@H](NS(=O)(=O)c1ccc(Cl)cc1)[C@@H](Br)c1ccccc1. The molecule has 0 heterocycles. The van der Waals surface area contributed by atoms with Gasteiger partial charge in [-0.1, -0.05) is 88.2 Å². The van der Waals surface area contributed by atoms with E-state index in [1.807, 2.05) is 30.3 Å². The summed E-state index contributed by atoms with van der Waals surface area (Å²) in [5.41, 5.74) is 1.21. The van der Waals surface area contributed by atoms with E-state index in [0.717, 1.165) is 5.56 Å². The molecule has 0 aliphatic carbocycles. The summed E-state index contributed by atoms with van der Waals surface area (Å²) < 4.78 is 28.4. The van der Waals surface area contributed by atoms with E-state index in [1.54, 1.807) is 30.3 Å². The van der Waals surface area contributed by atoms with Crippen LogP contribution in [0.2, 0.25) is 5.02 Å². The number of benzene rings is 3. The maximum atomic E-state index is 13.1. The fraction of sp³-hybridized carbons (Fsp3) is 0.0952. The molecule has 0 spiro atoms. The van der Waals surface area contributed by atoms with E-state index in [4.69, 9.17) is 11.6 Å². The Morgan fingerprint density at radius 1 is 0.857 bits per heavy atom. The highest BCUT2D eigenvalue weighted by Crippen LogP contribution is 2.30. The second-order valence-electron chi connectivity index (χ2n) is 6.10. The van der Waals surface area contributed by atoms with E-state index in [0.29, 0.717) is 10.6 Å². The van der Waals surface area contributed by atoms with E-state index in [1.165, 1.54) is 24.3 Å². The van der Waals surface area contributed by atoms with Crippen molar-refractivity contribution in [3.05, 3.63) is 101 Å². The molecule has 28 heavy (non-hydrogen) atoms. The Bertz CT molecular complexity index is 1040. The number of Topliss-reactive ketones (excluding diaryl/α,β-unsaturated/α-hetero) is 1. The molecule has 1 N–H and O–H groups in total. The number of alkyl halides is 1. The Morgan fingerprint density at radius 2 is 1.39 bits per heavy atom. The highest BCUT2D eigenvalue weighted by molar-refractivity contribution is 9.09. The van der Waals surface area contributed by atoms with E-state index in [2.05, 4.69) is 20.7 Å². The standard InChI is InChI=1S/C21H17BrClNO3S/c22-19(15-7-3-1-4-8-15)20(21(25)16-9-5-2-6-10-16)24-28(26,27)18-13-11-17(23)12-14-18/h1-14,19-20,24H/t19-,20-/m0/s1. The van der Waals surface area contributed by atoms with E-state index in [-0.39, 0.29) is 10.7 Å². The van der Waals surface area contributed by atoms with E-state index < -0.39 is 20.9 Å². The predicted molar refractivity (Wildman–Crippen MR) is 114 cm³/mol. The van der Waals surface area contributed by atoms with Gasteiger partial charge in [-0.3, -0.25) is 4.79 Å². The van der Waals surface area contributed by atoms with Gasteiger partial charge < -0.3 is 0 Å². The highest BCUT2D eigenvalue weighted by atomic mass is 79.9. The zero-order valence-corrected chi connectivity index (χ0v) is 17.8. The third kappa shape index (κ3) is 4.89. The average Bonchev–Trinajstić information content (AvgIpc) is 2.72. The molecule has 0 aromatic heterocycles. The summed E-state index contributed by atoms with van der Waals surface area (Å²) in [5.74, 6) is -0.330. The quantitative estimate of drug-likeness (QED) is 0.384. The number of halogens is 2. The van der Waals surface area contributed by atoms with Crippen LogP contribution >= 0.6 is 27.5 Å². The van der Waals surface area contributed by atoms with Crippen molar-refractivity contribution in [1.29, 1.82) is 0 Å². The average molecular weight is 479 g/mol. The molecule has 0 unspecified atom stereocenters. The first kappa shape index (κ1) is 20.7. The fourth-order valence-corrected chi connectivity index (χ4v) is 4.89. The highest BCUT2D eigenvalue weighted by Gasteiger charge is 2.33. The Morgan fingerprint density at radius 3 is 1.96 bits per heavy atom. The first-order valence-corrected chi connectivity index (χ1v) is 11.2. The van der Waals surface area contributed by atoms with Crippen molar-refractivity contribution in [3.63, 3.8) is 0 Å². The molecule has 3 aromatic rings. The van der Waals surface area contributed by atoms with Crippen LogP contribution in [0.1, 0.15) is 20.7 Å². The molecule has 3 rings (SSSR count). The molecule has 0 aliphatic rings. The molecule has 7 heteroatoms. The predicted octanol–water partition coefficient (Wildman–Crippen LogP) is 5.01. The zero-order valence-electron chi connectivity index (χ0n) is 14.6. The third-order valence-corrected chi connectivity index (χ3v) is 6.92. The molecule has 0 amide bonds. The van der Waals surface area contributed by atoms with Crippen LogP contribution < -0.4 is 4.72 Å². The summed E-state index contributed by atoms with van der Waals surface area (Å²) >= 11 is 9.37. The fourth-order valence-electron chi connectivity index (χ4n) is 2.71. The number of hydrogen-bond acceptors (Lipinski definition) is 3. The van der Waals surface area contributed by atoms with Crippen molar-refractivity contribution in [1.82, 2.24) is 4.72 Å². The van der Waals surface area contributed by atoms with Gasteiger partial charge in [-0.2, -0.15) is 4.72 Å². The lowest BCUT2D eigenvalue weighted by atomic mass is 9.98. The van der Waals surface area contributed by atoms with Gasteiger partial charge in [0, 0.05) is 10.6 Å². The van der Waals surface area contributed by atoms with Gasteiger partial charge in [0.25, 0.3) is 0 Å². The number of sulfonamides is 1.